The number of nitrogens with zero attached hydrogens (tertiary/aromatic N) is 2. The Balaban J connectivity index is 2.52. The smallest absolute Gasteiger partial charge is 0.136 e. The summed E-state index contributed by atoms with van der Waals surface area (Å²) in [6, 6.07) is 7.94. The molecule has 1 aromatic carbocycles. The van der Waals surface area contributed by atoms with Gasteiger partial charge in [-0.05, 0) is 37.6 Å². The van der Waals surface area contributed by atoms with Crippen molar-refractivity contribution in [2.24, 2.45) is 0 Å². The van der Waals surface area contributed by atoms with E-state index in [9.17, 15) is 0 Å². The lowest BCUT2D eigenvalue weighted by atomic mass is 10.2. The van der Waals surface area contributed by atoms with Crippen LogP contribution in [-0.2, 0) is 6.42 Å². The zero-order valence-corrected chi connectivity index (χ0v) is 11.5. The van der Waals surface area contributed by atoms with Crippen LogP contribution in [0.2, 0.25) is 5.15 Å². The third-order valence-corrected chi connectivity index (χ3v) is 3.53. The van der Waals surface area contributed by atoms with Crippen LogP contribution >= 0.6 is 27.5 Å². The number of aromatic nitrogens is 2. The maximum atomic E-state index is 6.26. The van der Waals surface area contributed by atoms with E-state index in [1.54, 1.807) is 4.68 Å². The van der Waals surface area contributed by atoms with Gasteiger partial charge in [-0.3, -0.25) is 0 Å². The molecule has 0 bridgehead atoms. The summed E-state index contributed by atoms with van der Waals surface area (Å²) in [5.74, 6) is 0. The van der Waals surface area contributed by atoms with Gasteiger partial charge in [-0.15, -0.1) is 0 Å². The predicted octanol–water partition coefficient (Wildman–Crippen LogP) is 4.16. The summed E-state index contributed by atoms with van der Waals surface area (Å²) in [5, 5.41) is 5.19. The molecule has 1 heterocycles. The van der Waals surface area contributed by atoms with Crippen LogP contribution in [0.15, 0.2) is 28.7 Å². The molecule has 0 aliphatic heterocycles. The van der Waals surface area contributed by atoms with Crippen molar-refractivity contribution in [3.63, 3.8) is 0 Å². The van der Waals surface area contributed by atoms with Gasteiger partial charge in [-0.25, -0.2) is 4.68 Å². The van der Waals surface area contributed by atoms with E-state index >= 15 is 0 Å². The lowest BCUT2D eigenvalue weighted by Gasteiger charge is -2.02. The Bertz CT molecular complexity index is 502. The van der Waals surface area contributed by atoms with E-state index in [1.165, 1.54) is 0 Å². The SMILES string of the molecule is CCc1nn(-c2ccc(Br)cc2)c(Cl)c1C. The van der Waals surface area contributed by atoms with E-state index in [2.05, 4.69) is 28.0 Å². The molecule has 1 aromatic heterocycles. The van der Waals surface area contributed by atoms with E-state index in [0.717, 1.165) is 27.8 Å². The first kappa shape index (κ1) is 11.7. The topological polar surface area (TPSA) is 17.8 Å². The van der Waals surface area contributed by atoms with Crippen LogP contribution in [0.1, 0.15) is 18.2 Å². The highest BCUT2D eigenvalue weighted by atomic mass is 79.9. The lowest BCUT2D eigenvalue weighted by molar-refractivity contribution is 0.841. The maximum absolute atomic E-state index is 6.26. The zero-order valence-electron chi connectivity index (χ0n) is 9.17. The third-order valence-electron chi connectivity index (χ3n) is 2.56. The second kappa shape index (κ2) is 4.60. The molecule has 84 valence electrons. The fourth-order valence-electron chi connectivity index (χ4n) is 1.61. The fourth-order valence-corrected chi connectivity index (χ4v) is 2.12. The number of halogens is 2. The molecular formula is C12H12BrClN2. The van der Waals surface area contributed by atoms with Crippen LogP contribution in [-0.4, -0.2) is 9.78 Å². The Morgan fingerprint density at radius 2 is 1.94 bits per heavy atom. The van der Waals surface area contributed by atoms with E-state index < -0.39 is 0 Å². The number of aryl methyl sites for hydroxylation is 1. The van der Waals surface area contributed by atoms with Gasteiger partial charge in [-0.2, -0.15) is 5.10 Å². The molecule has 16 heavy (non-hydrogen) atoms. The van der Waals surface area contributed by atoms with E-state index in [1.807, 2.05) is 31.2 Å². The molecule has 4 heteroatoms. The van der Waals surface area contributed by atoms with Gasteiger partial charge >= 0.3 is 0 Å². The largest absolute Gasteiger partial charge is 0.222 e. The van der Waals surface area contributed by atoms with Gasteiger partial charge in [0.25, 0.3) is 0 Å². The highest BCUT2D eigenvalue weighted by Gasteiger charge is 2.11. The fraction of sp³-hybridized carbons (Fsp3) is 0.250. The van der Waals surface area contributed by atoms with Gasteiger partial charge in [0, 0.05) is 10.0 Å². The second-order valence-corrected chi connectivity index (χ2v) is 4.88. The van der Waals surface area contributed by atoms with Crippen LogP contribution < -0.4 is 0 Å². The molecule has 0 fully saturated rings. The average Bonchev–Trinajstić information content (AvgIpc) is 2.57. The Kier molecular flexibility index (Phi) is 3.36. The molecule has 0 radical (unpaired) electrons. The molecule has 0 unspecified atom stereocenters. The molecule has 0 spiro atoms. The Morgan fingerprint density at radius 3 is 2.44 bits per heavy atom. The molecule has 0 aliphatic rings. The van der Waals surface area contributed by atoms with Gasteiger partial charge in [0.1, 0.15) is 5.15 Å². The minimum atomic E-state index is 0.694. The van der Waals surface area contributed by atoms with Crippen LogP contribution in [0, 0.1) is 6.92 Å². The van der Waals surface area contributed by atoms with Gasteiger partial charge in [-0.1, -0.05) is 34.5 Å². The van der Waals surface area contributed by atoms with Crippen molar-refractivity contribution in [3.05, 3.63) is 45.1 Å². The Labute approximate surface area is 108 Å². The molecular weight excluding hydrogens is 288 g/mol. The van der Waals surface area contributed by atoms with Crippen molar-refractivity contribution < 1.29 is 0 Å². The quantitative estimate of drug-likeness (QED) is 0.814. The molecule has 0 aliphatic carbocycles. The second-order valence-electron chi connectivity index (χ2n) is 3.60. The van der Waals surface area contributed by atoms with E-state index in [-0.39, 0.29) is 0 Å². The van der Waals surface area contributed by atoms with Crippen molar-refractivity contribution in [2.45, 2.75) is 20.3 Å². The summed E-state index contributed by atoms with van der Waals surface area (Å²) in [7, 11) is 0. The molecule has 0 amide bonds. The number of benzene rings is 1. The minimum Gasteiger partial charge on any atom is -0.222 e. The molecule has 0 atom stereocenters. The van der Waals surface area contributed by atoms with Crippen molar-refractivity contribution in [1.29, 1.82) is 0 Å². The molecule has 0 saturated carbocycles. The predicted molar refractivity (Wildman–Crippen MR) is 70.4 cm³/mol. The summed E-state index contributed by atoms with van der Waals surface area (Å²) in [6.07, 6.45) is 0.898. The van der Waals surface area contributed by atoms with Crippen molar-refractivity contribution in [3.8, 4) is 5.69 Å². The molecule has 0 saturated heterocycles. The number of rotatable bonds is 2. The van der Waals surface area contributed by atoms with Crippen LogP contribution in [0.5, 0.6) is 0 Å². The first-order chi connectivity index (χ1) is 7.63. The lowest BCUT2D eigenvalue weighted by Crippen LogP contribution is -1.96. The third kappa shape index (κ3) is 2.02. The Morgan fingerprint density at radius 1 is 1.31 bits per heavy atom. The highest BCUT2D eigenvalue weighted by molar-refractivity contribution is 9.10. The number of hydrogen-bond acceptors (Lipinski definition) is 1. The zero-order chi connectivity index (χ0) is 11.7. The van der Waals surface area contributed by atoms with E-state index in [0.29, 0.717) is 5.15 Å². The van der Waals surface area contributed by atoms with Gasteiger partial charge < -0.3 is 0 Å². The number of hydrogen-bond donors (Lipinski definition) is 0. The van der Waals surface area contributed by atoms with Crippen LogP contribution in [0.3, 0.4) is 0 Å². The first-order valence-electron chi connectivity index (χ1n) is 5.13. The van der Waals surface area contributed by atoms with Gasteiger partial charge in [0.15, 0.2) is 0 Å². The summed E-state index contributed by atoms with van der Waals surface area (Å²) in [6.45, 7) is 4.08. The average molecular weight is 300 g/mol. The van der Waals surface area contributed by atoms with Gasteiger partial charge in [0.05, 0.1) is 11.4 Å². The van der Waals surface area contributed by atoms with Crippen LogP contribution in [0.25, 0.3) is 5.69 Å². The Hall–Kier alpha value is -0.800. The van der Waals surface area contributed by atoms with E-state index in [4.69, 9.17) is 11.6 Å². The highest BCUT2D eigenvalue weighted by Crippen LogP contribution is 2.24. The van der Waals surface area contributed by atoms with Crippen molar-refractivity contribution in [2.75, 3.05) is 0 Å². The standard InChI is InChI=1S/C12H12BrClN2/c1-3-11-8(2)12(14)16(15-11)10-6-4-9(13)5-7-10/h4-7H,3H2,1-2H3. The normalized spacial score (nSPS) is 10.8. The first-order valence-corrected chi connectivity index (χ1v) is 6.30. The molecule has 2 nitrogen and oxygen atoms in total. The van der Waals surface area contributed by atoms with Crippen LogP contribution in [0.4, 0.5) is 0 Å². The molecule has 2 aromatic rings. The molecule has 0 N–H and O–H groups in total. The van der Waals surface area contributed by atoms with Crippen molar-refractivity contribution in [1.82, 2.24) is 9.78 Å². The summed E-state index contributed by atoms with van der Waals surface area (Å²) >= 11 is 9.66. The molecule has 2 rings (SSSR count). The van der Waals surface area contributed by atoms with Crippen molar-refractivity contribution >= 4 is 27.5 Å². The summed E-state index contributed by atoms with van der Waals surface area (Å²) < 4.78 is 2.83. The minimum absolute atomic E-state index is 0.694. The summed E-state index contributed by atoms with van der Waals surface area (Å²) in [4.78, 5) is 0. The monoisotopic (exact) mass is 298 g/mol. The van der Waals surface area contributed by atoms with Gasteiger partial charge in [0.2, 0.25) is 0 Å². The maximum Gasteiger partial charge on any atom is 0.136 e. The summed E-state index contributed by atoms with van der Waals surface area (Å²) in [5.41, 5.74) is 3.09.